The van der Waals surface area contributed by atoms with Crippen molar-refractivity contribution in [3.05, 3.63) is 63.9 Å². The summed E-state index contributed by atoms with van der Waals surface area (Å²) in [4.78, 5) is 54.6. The maximum atomic E-state index is 14.7. The molecule has 15 heteroatoms. The van der Waals surface area contributed by atoms with E-state index in [0.717, 1.165) is 33.7 Å². The highest BCUT2D eigenvalue weighted by molar-refractivity contribution is 6.14. The van der Waals surface area contributed by atoms with Crippen molar-refractivity contribution in [2.45, 2.75) is 31.5 Å². The number of amides is 2. The van der Waals surface area contributed by atoms with Crippen LogP contribution in [0.3, 0.4) is 0 Å². The second-order valence-electron chi connectivity index (χ2n) is 8.39. The molecule has 1 N–H and O–H groups in total. The third-order valence-corrected chi connectivity index (χ3v) is 5.78. The van der Waals surface area contributed by atoms with E-state index >= 15 is 0 Å². The minimum absolute atomic E-state index is 0.125. The summed E-state index contributed by atoms with van der Waals surface area (Å²) in [5.41, 5.74) is -2.97. The van der Waals surface area contributed by atoms with Crippen LogP contribution in [0, 0.1) is 11.6 Å². The van der Waals surface area contributed by atoms with Crippen molar-refractivity contribution < 1.29 is 45.1 Å². The van der Waals surface area contributed by atoms with Crippen LogP contribution in [0.4, 0.5) is 36.6 Å². The lowest BCUT2D eigenvalue weighted by molar-refractivity contribution is -0.290. The summed E-state index contributed by atoms with van der Waals surface area (Å²) < 4.78 is 94.5. The number of benzene rings is 1. The molecule has 0 radical (unpaired) electrons. The number of Topliss-reactive ketones (excluding diaryl/α,β-unsaturated/α-hetero) is 1. The molecule has 3 aromatic rings. The summed E-state index contributed by atoms with van der Waals surface area (Å²) in [7, 11) is 0. The number of nitrogens with one attached hydrogen (secondary N) is 1. The van der Waals surface area contributed by atoms with Crippen LogP contribution in [-0.4, -0.2) is 51.8 Å². The Hall–Kier alpha value is -4.30. The zero-order valence-electron chi connectivity index (χ0n) is 19.1. The number of carbonyl (C=O) groups excluding carboxylic acids is 3. The van der Waals surface area contributed by atoms with Crippen molar-refractivity contribution >= 4 is 34.4 Å². The Morgan fingerprint density at radius 3 is 2.32 bits per heavy atom. The van der Waals surface area contributed by atoms with Crippen LogP contribution in [0.1, 0.15) is 23.7 Å². The maximum Gasteiger partial charge on any atom is 0.455 e. The summed E-state index contributed by atoms with van der Waals surface area (Å²) in [5.74, 6) is -10.3. The van der Waals surface area contributed by atoms with E-state index in [0.29, 0.717) is 19.2 Å². The number of pyridine rings is 2. The number of fused-ring (bicyclic) bond motifs is 1. The van der Waals surface area contributed by atoms with Gasteiger partial charge >= 0.3 is 12.1 Å². The molecule has 200 valence electrons. The molecule has 8 nitrogen and oxygen atoms in total. The molecule has 1 fully saturated rings. The summed E-state index contributed by atoms with van der Waals surface area (Å²) in [6, 6.07) is 1.57. The first-order chi connectivity index (χ1) is 17.6. The number of alkyl halides is 5. The van der Waals surface area contributed by atoms with Crippen LogP contribution in [0.25, 0.3) is 16.7 Å². The van der Waals surface area contributed by atoms with E-state index < -0.39 is 75.9 Å². The molecule has 3 heterocycles. The van der Waals surface area contributed by atoms with Crippen molar-refractivity contribution in [1.29, 1.82) is 0 Å². The lowest BCUT2D eigenvalue weighted by atomic mass is 10.1. The molecule has 1 saturated heterocycles. The zero-order valence-corrected chi connectivity index (χ0v) is 19.1. The second-order valence-corrected chi connectivity index (χ2v) is 8.39. The van der Waals surface area contributed by atoms with Gasteiger partial charge in [0.05, 0.1) is 30.1 Å². The smallest absolute Gasteiger partial charge is 0.343 e. The van der Waals surface area contributed by atoms with Crippen molar-refractivity contribution in [3.8, 4) is 5.69 Å². The van der Waals surface area contributed by atoms with Crippen LogP contribution in [0.5, 0.6) is 0 Å². The Balaban J connectivity index is 1.89. The fourth-order valence-corrected chi connectivity index (χ4v) is 3.77. The van der Waals surface area contributed by atoms with E-state index in [1.54, 1.807) is 0 Å². The molecular weight excluding hydrogens is 529 g/mol. The number of anilines is 1. The van der Waals surface area contributed by atoms with Crippen molar-refractivity contribution in [3.63, 3.8) is 0 Å². The van der Waals surface area contributed by atoms with Crippen LogP contribution in [-0.2, 0) is 9.59 Å². The SMILES string of the molecule is CC(NC(=O)c1cn(-c2ccc(F)cc2F)c2nc(N3CC(=O)CC3=O)ccc2c1=O)C(F)(F)C(F)(F)F. The summed E-state index contributed by atoms with van der Waals surface area (Å²) in [6.45, 7) is 0.0467. The average molecular weight is 544 g/mol. The standard InChI is InChI=1S/C23H15F7N4O4/c1-10(22(26,27)23(28,29)30)31-21(38)14-9-33(16-4-2-11(24)6-15(16)25)20-13(19(14)37)3-5-17(32-20)34-8-12(35)7-18(34)36/h2-6,9-10H,7-8H2,1H3,(H,31,38). The van der Waals surface area contributed by atoms with E-state index in [1.165, 1.54) is 5.32 Å². The van der Waals surface area contributed by atoms with Crippen molar-refractivity contribution in [2.75, 3.05) is 11.4 Å². The van der Waals surface area contributed by atoms with Gasteiger partial charge in [-0.3, -0.25) is 28.6 Å². The van der Waals surface area contributed by atoms with Gasteiger partial charge in [-0.05, 0) is 31.2 Å². The average Bonchev–Trinajstić information content (AvgIpc) is 3.16. The van der Waals surface area contributed by atoms with Gasteiger partial charge in [-0.1, -0.05) is 0 Å². The predicted octanol–water partition coefficient (Wildman–Crippen LogP) is 3.29. The largest absolute Gasteiger partial charge is 0.455 e. The number of hydrogen-bond donors (Lipinski definition) is 1. The van der Waals surface area contributed by atoms with Crippen LogP contribution in [0.15, 0.2) is 41.3 Å². The van der Waals surface area contributed by atoms with E-state index in [1.807, 2.05) is 0 Å². The highest BCUT2D eigenvalue weighted by Gasteiger charge is 2.61. The zero-order chi connectivity index (χ0) is 28.2. The first kappa shape index (κ1) is 26.8. The highest BCUT2D eigenvalue weighted by atomic mass is 19.4. The van der Waals surface area contributed by atoms with Crippen LogP contribution in [0.2, 0.25) is 0 Å². The quantitative estimate of drug-likeness (QED) is 0.393. The summed E-state index contributed by atoms with van der Waals surface area (Å²) in [6.07, 6.45) is -5.77. The molecule has 2 amide bonds. The van der Waals surface area contributed by atoms with Gasteiger partial charge in [0.25, 0.3) is 5.91 Å². The first-order valence-electron chi connectivity index (χ1n) is 10.7. The lowest BCUT2D eigenvalue weighted by Gasteiger charge is -2.26. The van der Waals surface area contributed by atoms with Gasteiger partial charge in [0.1, 0.15) is 23.0 Å². The summed E-state index contributed by atoms with van der Waals surface area (Å²) in [5, 5.41) is 1.01. The van der Waals surface area contributed by atoms with Gasteiger partial charge in [0, 0.05) is 12.3 Å². The number of nitrogens with zero attached hydrogens (tertiary/aromatic N) is 3. The molecule has 1 aliphatic heterocycles. The number of carbonyl (C=O) groups is 3. The third-order valence-electron chi connectivity index (χ3n) is 5.78. The number of hydrogen-bond acceptors (Lipinski definition) is 5. The molecule has 1 unspecified atom stereocenters. The maximum absolute atomic E-state index is 14.7. The second kappa shape index (κ2) is 9.22. The van der Waals surface area contributed by atoms with E-state index in [4.69, 9.17) is 0 Å². The molecule has 1 aromatic carbocycles. The van der Waals surface area contributed by atoms with Gasteiger partial charge in [0.2, 0.25) is 11.3 Å². The molecular formula is C23H15F7N4O4. The van der Waals surface area contributed by atoms with Gasteiger partial charge in [-0.15, -0.1) is 0 Å². The Bertz CT molecular complexity index is 1550. The van der Waals surface area contributed by atoms with Crippen LogP contribution >= 0.6 is 0 Å². The molecule has 2 aromatic heterocycles. The minimum atomic E-state index is -6.00. The molecule has 0 bridgehead atoms. The monoisotopic (exact) mass is 544 g/mol. The normalized spacial score (nSPS) is 15.3. The van der Waals surface area contributed by atoms with Crippen LogP contribution < -0.4 is 15.6 Å². The Kier molecular flexibility index (Phi) is 6.49. The highest BCUT2D eigenvalue weighted by Crippen LogP contribution is 2.38. The van der Waals surface area contributed by atoms with E-state index in [2.05, 4.69) is 4.98 Å². The van der Waals surface area contributed by atoms with Crippen molar-refractivity contribution in [1.82, 2.24) is 14.9 Å². The lowest BCUT2D eigenvalue weighted by Crippen LogP contribution is -2.54. The molecule has 0 spiro atoms. The number of halogens is 7. The van der Waals surface area contributed by atoms with Gasteiger partial charge in [-0.2, -0.15) is 22.0 Å². The van der Waals surface area contributed by atoms with Gasteiger partial charge in [0.15, 0.2) is 11.4 Å². The Morgan fingerprint density at radius 2 is 1.74 bits per heavy atom. The van der Waals surface area contributed by atoms with E-state index in [9.17, 15) is 49.9 Å². The van der Waals surface area contributed by atoms with E-state index in [-0.39, 0.29) is 18.0 Å². The molecule has 4 rings (SSSR count). The van der Waals surface area contributed by atoms with Crippen molar-refractivity contribution in [2.24, 2.45) is 0 Å². The number of aromatic nitrogens is 2. The number of ketones is 1. The minimum Gasteiger partial charge on any atom is -0.343 e. The molecule has 0 aliphatic carbocycles. The first-order valence-corrected chi connectivity index (χ1v) is 10.7. The predicted molar refractivity (Wildman–Crippen MR) is 117 cm³/mol. The van der Waals surface area contributed by atoms with Gasteiger partial charge in [-0.25, -0.2) is 13.8 Å². The topological polar surface area (TPSA) is 101 Å². The summed E-state index contributed by atoms with van der Waals surface area (Å²) >= 11 is 0. The fraction of sp³-hybridized carbons (Fsp3) is 0.261. The molecule has 1 aliphatic rings. The molecule has 0 saturated carbocycles. The fourth-order valence-electron chi connectivity index (χ4n) is 3.77. The van der Waals surface area contributed by atoms with Gasteiger partial charge < -0.3 is 5.32 Å². The molecule has 38 heavy (non-hydrogen) atoms. The Morgan fingerprint density at radius 1 is 1.05 bits per heavy atom. The number of rotatable bonds is 5. The molecule has 1 atom stereocenters. The Labute approximate surface area is 207 Å². The third kappa shape index (κ3) is 4.59.